The Labute approximate surface area is 168 Å². The van der Waals surface area contributed by atoms with Gasteiger partial charge in [-0.15, -0.1) is 0 Å². The molecule has 4 N–H and O–H groups in total. The van der Waals surface area contributed by atoms with Gasteiger partial charge in [0.15, 0.2) is 11.5 Å². The van der Waals surface area contributed by atoms with Crippen molar-refractivity contribution in [3.63, 3.8) is 0 Å². The van der Waals surface area contributed by atoms with Crippen LogP contribution in [0.15, 0.2) is 69.8 Å². The molecule has 3 atom stereocenters. The smallest absolute Gasteiger partial charge is 0.371 e. The van der Waals surface area contributed by atoms with E-state index in [1.54, 1.807) is 12.1 Å². The topological polar surface area (TPSA) is 147 Å². The van der Waals surface area contributed by atoms with E-state index < -0.39 is 30.2 Å². The van der Waals surface area contributed by atoms with Crippen LogP contribution >= 0.6 is 0 Å². The average molecular weight is 412 g/mol. The number of carboxylic acid groups (broad SMARTS) is 1. The molecule has 0 saturated heterocycles. The highest BCUT2D eigenvalue weighted by Gasteiger charge is 2.36. The van der Waals surface area contributed by atoms with Gasteiger partial charge in [-0.1, -0.05) is 12.1 Å². The van der Waals surface area contributed by atoms with Crippen LogP contribution in [0, 0.1) is 0 Å². The summed E-state index contributed by atoms with van der Waals surface area (Å²) in [5.74, 6) is -1.76. The van der Waals surface area contributed by atoms with Crippen molar-refractivity contribution in [2.45, 2.75) is 18.5 Å². The van der Waals surface area contributed by atoms with E-state index in [2.05, 4.69) is 0 Å². The quantitative estimate of drug-likeness (QED) is 0.501. The molecule has 0 fully saturated rings. The summed E-state index contributed by atoms with van der Waals surface area (Å²) >= 11 is 0. The molecule has 0 radical (unpaired) electrons. The Balaban J connectivity index is 1.64. The predicted molar refractivity (Wildman–Crippen MR) is 103 cm³/mol. The fourth-order valence-corrected chi connectivity index (χ4v) is 3.02. The van der Waals surface area contributed by atoms with Gasteiger partial charge in [0.1, 0.15) is 29.4 Å². The molecule has 0 spiro atoms. The molecular weight excluding hydrogens is 396 g/mol. The number of phenols is 1. The predicted octanol–water partition coefficient (Wildman–Crippen LogP) is 1.59. The van der Waals surface area contributed by atoms with Crippen molar-refractivity contribution in [1.29, 1.82) is 0 Å². The van der Waals surface area contributed by atoms with E-state index in [1.807, 2.05) is 0 Å². The lowest BCUT2D eigenvalue weighted by Crippen LogP contribution is -2.45. The van der Waals surface area contributed by atoms with Crippen molar-refractivity contribution >= 4 is 16.9 Å². The van der Waals surface area contributed by atoms with Crippen LogP contribution in [0.4, 0.5) is 0 Å². The summed E-state index contributed by atoms with van der Waals surface area (Å²) in [6.45, 7) is 0. The zero-order chi connectivity index (χ0) is 21.4. The third kappa shape index (κ3) is 3.59. The van der Waals surface area contributed by atoms with E-state index >= 15 is 0 Å². The molecule has 0 amide bonds. The second-order valence-corrected chi connectivity index (χ2v) is 6.60. The van der Waals surface area contributed by atoms with E-state index in [9.17, 15) is 24.9 Å². The number of hydrogen-bond donors (Lipinski definition) is 4. The first-order valence-electron chi connectivity index (χ1n) is 8.83. The van der Waals surface area contributed by atoms with Gasteiger partial charge in [-0.25, -0.2) is 4.79 Å². The molecular formula is C21H16O9. The third-order valence-corrected chi connectivity index (χ3v) is 4.58. The van der Waals surface area contributed by atoms with Crippen LogP contribution in [0.1, 0.15) is 0 Å². The molecule has 9 heteroatoms. The number of rotatable bonds is 4. The van der Waals surface area contributed by atoms with Gasteiger partial charge in [-0.05, 0) is 35.9 Å². The van der Waals surface area contributed by atoms with E-state index in [1.165, 1.54) is 36.6 Å². The minimum Gasteiger partial charge on any atom is -0.508 e. The lowest BCUT2D eigenvalue weighted by Gasteiger charge is -2.30. The van der Waals surface area contributed by atoms with Crippen LogP contribution in [-0.2, 0) is 9.53 Å². The minimum absolute atomic E-state index is 0.0730. The summed E-state index contributed by atoms with van der Waals surface area (Å²) in [7, 11) is 0. The second kappa shape index (κ2) is 7.54. The summed E-state index contributed by atoms with van der Waals surface area (Å²) in [6, 6.07) is 10.4. The first kappa shape index (κ1) is 19.5. The summed E-state index contributed by atoms with van der Waals surface area (Å²) in [4.78, 5) is 23.9. The molecule has 1 aromatic heterocycles. The molecule has 0 aliphatic carbocycles. The summed E-state index contributed by atoms with van der Waals surface area (Å²) < 4.78 is 16.1. The molecule has 2 aromatic carbocycles. The molecule has 0 bridgehead atoms. The van der Waals surface area contributed by atoms with Gasteiger partial charge >= 0.3 is 5.97 Å². The van der Waals surface area contributed by atoms with Crippen molar-refractivity contribution in [3.05, 3.63) is 70.8 Å². The van der Waals surface area contributed by atoms with Crippen LogP contribution < -0.4 is 10.2 Å². The SMILES string of the molecule is O=C(O)C1=C[C@H](O)[C@@H](O)[C@@H](Oc2ccc3c(=O)c(-c4ccc(O)cc4)coc3c2)O1. The van der Waals surface area contributed by atoms with E-state index in [0.717, 1.165) is 6.08 Å². The Morgan fingerprint density at radius 3 is 2.50 bits per heavy atom. The Bertz CT molecular complexity index is 1190. The van der Waals surface area contributed by atoms with Crippen molar-refractivity contribution in [1.82, 2.24) is 0 Å². The van der Waals surface area contributed by atoms with Crippen LogP contribution in [0.5, 0.6) is 11.5 Å². The maximum atomic E-state index is 12.8. The van der Waals surface area contributed by atoms with E-state index in [4.69, 9.17) is 19.0 Å². The lowest BCUT2D eigenvalue weighted by molar-refractivity contribution is -0.172. The number of ether oxygens (including phenoxy) is 2. The number of aliphatic hydroxyl groups excluding tert-OH is 2. The highest BCUT2D eigenvalue weighted by molar-refractivity contribution is 5.84. The average Bonchev–Trinajstić information content (AvgIpc) is 2.72. The molecule has 2 heterocycles. The molecule has 0 saturated carbocycles. The summed E-state index contributed by atoms with van der Waals surface area (Å²) in [6.07, 6.45) is -2.33. The zero-order valence-electron chi connectivity index (χ0n) is 15.3. The molecule has 154 valence electrons. The Morgan fingerprint density at radius 1 is 1.07 bits per heavy atom. The molecule has 1 aliphatic rings. The fourth-order valence-electron chi connectivity index (χ4n) is 3.02. The third-order valence-electron chi connectivity index (χ3n) is 4.58. The number of benzene rings is 2. The summed E-state index contributed by atoms with van der Waals surface area (Å²) in [5.41, 5.74) is 0.778. The molecule has 30 heavy (non-hydrogen) atoms. The summed E-state index contributed by atoms with van der Waals surface area (Å²) in [5, 5.41) is 38.5. The van der Waals surface area contributed by atoms with E-state index in [-0.39, 0.29) is 27.9 Å². The van der Waals surface area contributed by atoms with Crippen LogP contribution in [0.2, 0.25) is 0 Å². The van der Waals surface area contributed by atoms with Crippen molar-refractivity contribution < 1.29 is 39.1 Å². The largest absolute Gasteiger partial charge is 0.508 e. The van der Waals surface area contributed by atoms with Crippen molar-refractivity contribution in [3.8, 4) is 22.6 Å². The second-order valence-electron chi connectivity index (χ2n) is 6.60. The van der Waals surface area contributed by atoms with Gasteiger partial charge in [0, 0.05) is 6.07 Å². The molecule has 0 unspecified atom stereocenters. The van der Waals surface area contributed by atoms with Crippen molar-refractivity contribution in [2.75, 3.05) is 0 Å². The standard InChI is InChI=1S/C21H16O9/c22-11-3-1-10(2-4-11)14-9-28-16-7-12(5-6-13(16)18(14)24)29-21-19(25)15(23)8-17(30-21)20(26)27/h1-9,15,19,21-23,25H,(H,26,27)/t15-,19+,21-/m0/s1. The van der Waals surface area contributed by atoms with Crippen molar-refractivity contribution in [2.24, 2.45) is 0 Å². The Hall–Kier alpha value is -3.82. The maximum Gasteiger partial charge on any atom is 0.371 e. The Kier molecular flexibility index (Phi) is 4.90. The van der Waals surface area contributed by atoms with Crippen LogP contribution in [-0.4, -0.2) is 44.9 Å². The fraction of sp³-hybridized carbons (Fsp3) is 0.143. The number of aromatic hydroxyl groups is 1. The number of fused-ring (bicyclic) bond motifs is 1. The van der Waals surface area contributed by atoms with E-state index in [0.29, 0.717) is 11.1 Å². The van der Waals surface area contributed by atoms with Gasteiger partial charge in [0.05, 0.1) is 10.9 Å². The monoisotopic (exact) mass is 412 g/mol. The van der Waals surface area contributed by atoms with Gasteiger partial charge in [-0.2, -0.15) is 0 Å². The van der Waals surface area contributed by atoms with Gasteiger partial charge in [-0.3, -0.25) is 4.79 Å². The number of aliphatic carboxylic acids is 1. The van der Waals surface area contributed by atoms with Gasteiger partial charge in [0.2, 0.25) is 5.76 Å². The lowest BCUT2D eigenvalue weighted by atomic mass is 10.1. The van der Waals surface area contributed by atoms with Gasteiger partial charge < -0.3 is 34.3 Å². The number of hydrogen-bond acceptors (Lipinski definition) is 8. The van der Waals surface area contributed by atoms with Gasteiger partial charge in [0.25, 0.3) is 6.29 Å². The molecule has 3 aromatic rings. The van der Waals surface area contributed by atoms with Crippen LogP contribution in [0.3, 0.4) is 0 Å². The highest BCUT2D eigenvalue weighted by Crippen LogP contribution is 2.27. The number of carboxylic acids is 1. The minimum atomic E-state index is -1.52. The Morgan fingerprint density at radius 2 is 1.80 bits per heavy atom. The number of carbonyl (C=O) groups is 1. The molecule has 1 aliphatic heterocycles. The highest BCUT2D eigenvalue weighted by atomic mass is 16.7. The zero-order valence-corrected chi connectivity index (χ0v) is 15.3. The number of phenolic OH excluding ortho intramolecular Hbond substituents is 1. The molecule has 4 rings (SSSR count). The maximum absolute atomic E-state index is 12.8. The normalized spacial score (nSPS) is 21.0. The number of aliphatic hydroxyl groups is 2. The van der Waals surface area contributed by atoms with Crippen LogP contribution in [0.25, 0.3) is 22.1 Å². The first-order valence-corrected chi connectivity index (χ1v) is 8.83. The molecule has 9 nitrogen and oxygen atoms in total. The first-order chi connectivity index (χ1) is 14.3.